The zero-order chi connectivity index (χ0) is 20.0. The Morgan fingerprint density at radius 2 is 2.10 bits per heavy atom. The van der Waals surface area contributed by atoms with Crippen molar-refractivity contribution in [2.24, 2.45) is 0 Å². The van der Waals surface area contributed by atoms with Gasteiger partial charge in [-0.1, -0.05) is 5.16 Å². The van der Waals surface area contributed by atoms with Crippen LogP contribution in [0.3, 0.4) is 0 Å². The Morgan fingerprint density at radius 1 is 1.24 bits per heavy atom. The van der Waals surface area contributed by atoms with Crippen LogP contribution >= 0.6 is 0 Å². The summed E-state index contributed by atoms with van der Waals surface area (Å²) in [7, 11) is 0. The van der Waals surface area contributed by atoms with Gasteiger partial charge in [-0.05, 0) is 50.8 Å². The lowest BCUT2D eigenvalue weighted by Gasteiger charge is -2.38. The van der Waals surface area contributed by atoms with Gasteiger partial charge in [0.2, 0.25) is 0 Å². The van der Waals surface area contributed by atoms with Crippen molar-refractivity contribution in [2.45, 2.75) is 50.6 Å². The Balaban J connectivity index is 1.21. The summed E-state index contributed by atoms with van der Waals surface area (Å²) in [5.41, 5.74) is 2.66. The maximum Gasteiger partial charge on any atom is 0.273 e. The van der Waals surface area contributed by atoms with E-state index in [-0.39, 0.29) is 23.9 Å². The van der Waals surface area contributed by atoms with Gasteiger partial charge >= 0.3 is 0 Å². The second-order valence-corrected chi connectivity index (χ2v) is 8.07. The number of nitrogens with one attached hydrogen (secondary N) is 2. The predicted molar refractivity (Wildman–Crippen MR) is 106 cm³/mol. The van der Waals surface area contributed by atoms with E-state index in [1.54, 1.807) is 12.4 Å². The molecule has 1 aliphatic heterocycles. The number of fused-ring (bicyclic) bond motifs is 1. The molecule has 1 aliphatic carbocycles. The second-order valence-electron chi connectivity index (χ2n) is 8.07. The van der Waals surface area contributed by atoms with Crippen molar-refractivity contribution >= 4 is 22.8 Å². The molecule has 1 saturated carbocycles. The van der Waals surface area contributed by atoms with Gasteiger partial charge in [0.15, 0.2) is 5.69 Å². The third-order valence-corrected chi connectivity index (χ3v) is 5.88. The van der Waals surface area contributed by atoms with Crippen LogP contribution < -0.4 is 5.32 Å². The van der Waals surface area contributed by atoms with Gasteiger partial charge in [-0.15, -0.1) is 0 Å². The third-order valence-electron chi connectivity index (χ3n) is 5.88. The number of nitrogens with zero attached hydrogens (tertiary/aromatic N) is 3. The van der Waals surface area contributed by atoms with Gasteiger partial charge in [0.25, 0.3) is 11.8 Å². The minimum absolute atomic E-state index is 0.00208. The number of aromatic amines is 1. The normalized spacial score (nSPS) is 22.0. The van der Waals surface area contributed by atoms with Crippen molar-refractivity contribution in [3.05, 3.63) is 47.6 Å². The molecule has 1 saturated heterocycles. The number of aromatic nitrogens is 3. The second kappa shape index (κ2) is 7.02. The molecule has 29 heavy (non-hydrogen) atoms. The average molecular weight is 393 g/mol. The lowest BCUT2D eigenvalue weighted by Crippen LogP contribution is -2.51. The Bertz CT molecular complexity index is 1070. The molecule has 5 rings (SSSR count). The zero-order valence-electron chi connectivity index (χ0n) is 16.2. The minimum Gasteiger partial charge on any atom is -0.360 e. The quantitative estimate of drug-likeness (QED) is 0.709. The molecule has 2 N–H and O–H groups in total. The van der Waals surface area contributed by atoms with Crippen molar-refractivity contribution in [2.75, 3.05) is 6.54 Å². The monoisotopic (exact) mass is 393 g/mol. The molecule has 1 aromatic carbocycles. The Hall–Kier alpha value is -3.16. The Morgan fingerprint density at radius 3 is 2.90 bits per heavy atom. The van der Waals surface area contributed by atoms with Crippen LogP contribution in [0.15, 0.2) is 35.1 Å². The number of benzene rings is 1. The molecule has 0 unspecified atom stereocenters. The van der Waals surface area contributed by atoms with Gasteiger partial charge in [-0.3, -0.25) is 9.59 Å². The highest BCUT2D eigenvalue weighted by Gasteiger charge is 2.32. The van der Waals surface area contributed by atoms with E-state index in [2.05, 4.69) is 20.4 Å². The average Bonchev–Trinajstić information content (AvgIpc) is 3.26. The van der Waals surface area contributed by atoms with E-state index in [0.29, 0.717) is 36.6 Å². The number of H-pyrrole nitrogens is 1. The maximum absolute atomic E-state index is 13.0. The lowest BCUT2D eigenvalue weighted by molar-refractivity contribution is 0.0595. The fourth-order valence-electron chi connectivity index (χ4n) is 4.05. The Labute approximate surface area is 167 Å². The molecule has 8 heteroatoms. The summed E-state index contributed by atoms with van der Waals surface area (Å²) in [6.45, 7) is 2.61. The van der Waals surface area contributed by atoms with Crippen molar-refractivity contribution in [3.63, 3.8) is 0 Å². The van der Waals surface area contributed by atoms with Crippen molar-refractivity contribution in [1.82, 2.24) is 25.3 Å². The smallest absolute Gasteiger partial charge is 0.273 e. The van der Waals surface area contributed by atoms with Crippen LogP contribution in [0.2, 0.25) is 0 Å². The molecule has 3 heterocycles. The first-order chi connectivity index (χ1) is 14.1. The van der Waals surface area contributed by atoms with Crippen LogP contribution in [0.5, 0.6) is 0 Å². The molecule has 0 bridgehead atoms. The van der Waals surface area contributed by atoms with E-state index < -0.39 is 0 Å². The SMILES string of the molecule is C[C@@H]1C[C@H](NC(=O)c2cc(C3CC3)on2)CCN1C(=O)c1ccc2[nH]cnc2c1. The first-order valence-electron chi connectivity index (χ1n) is 10.1. The molecular weight excluding hydrogens is 370 g/mol. The van der Waals surface area contributed by atoms with Gasteiger partial charge < -0.3 is 19.7 Å². The molecule has 2 atom stereocenters. The van der Waals surface area contributed by atoms with E-state index in [9.17, 15) is 9.59 Å². The topological polar surface area (TPSA) is 104 Å². The van der Waals surface area contributed by atoms with Crippen LogP contribution in [0.1, 0.15) is 65.1 Å². The van der Waals surface area contributed by atoms with Crippen LogP contribution in [-0.4, -0.2) is 50.5 Å². The molecule has 8 nitrogen and oxygen atoms in total. The molecule has 3 aromatic rings. The predicted octanol–water partition coefficient (Wildman–Crippen LogP) is 2.85. The fraction of sp³-hybridized carbons (Fsp3) is 0.429. The Kier molecular flexibility index (Phi) is 4.34. The van der Waals surface area contributed by atoms with E-state index in [1.165, 1.54) is 0 Å². The molecule has 2 amide bonds. The summed E-state index contributed by atoms with van der Waals surface area (Å²) in [4.78, 5) is 34.6. The van der Waals surface area contributed by atoms with Gasteiger partial charge in [-0.25, -0.2) is 4.98 Å². The van der Waals surface area contributed by atoms with E-state index in [0.717, 1.165) is 29.6 Å². The summed E-state index contributed by atoms with van der Waals surface area (Å²) in [5.74, 6) is 1.02. The van der Waals surface area contributed by atoms with Crippen LogP contribution in [-0.2, 0) is 0 Å². The standard InChI is InChI=1S/C21H23N5O3/c1-12-8-15(24-20(27)18-10-19(29-25-18)13-2-3-13)6-7-26(12)21(28)14-4-5-16-17(9-14)23-11-22-16/h4-5,9-13,15H,2-3,6-8H2,1H3,(H,22,23)(H,24,27)/t12-,15-/m1/s1. The summed E-state index contributed by atoms with van der Waals surface area (Å²) < 4.78 is 5.27. The molecule has 0 spiro atoms. The highest BCUT2D eigenvalue weighted by atomic mass is 16.5. The molecule has 2 aromatic heterocycles. The number of carbonyl (C=O) groups excluding carboxylic acids is 2. The van der Waals surface area contributed by atoms with Crippen LogP contribution in [0.25, 0.3) is 11.0 Å². The van der Waals surface area contributed by atoms with Crippen molar-refractivity contribution in [1.29, 1.82) is 0 Å². The first kappa shape index (κ1) is 17.9. The number of imidazole rings is 1. The van der Waals surface area contributed by atoms with Crippen LogP contribution in [0.4, 0.5) is 0 Å². The van der Waals surface area contributed by atoms with Gasteiger partial charge in [0.05, 0.1) is 17.4 Å². The number of carbonyl (C=O) groups is 2. The van der Waals surface area contributed by atoms with Crippen molar-refractivity contribution in [3.8, 4) is 0 Å². The van der Waals surface area contributed by atoms with Gasteiger partial charge in [-0.2, -0.15) is 0 Å². The largest absolute Gasteiger partial charge is 0.360 e. The minimum atomic E-state index is -0.207. The van der Waals surface area contributed by atoms with E-state index in [1.807, 2.05) is 30.0 Å². The number of hydrogen-bond acceptors (Lipinski definition) is 5. The summed E-state index contributed by atoms with van der Waals surface area (Å²) in [6.07, 6.45) is 5.24. The highest BCUT2D eigenvalue weighted by molar-refractivity contribution is 5.97. The fourth-order valence-corrected chi connectivity index (χ4v) is 4.05. The maximum atomic E-state index is 13.0. The van der Waals surface area contributed by atoms with Gasteiger partial charge in [0, 0.05) is 36.2 Å². The number of likely N-dealkylation sites (tertiary alicyclic amines) is 1. The molecular formula is C21H23N5O3. The molecule has 150 valence electrons. The highest BCUT2D eigenvalue weighted by Crippen LogP contribution is 2.40. The number of hydrogen-bond donors (Lipinski definition) is 2. The summed E-state index contributed by atoms with van der Waals surface area (Å²) >= 11 is 0. The molecule has 2 aliphatic rings. The third kappa shape index (κ3) is 3.50. The first-order valence-corrected chi connectivity index (χ1v) is 10.1. The number of rotatable bonds is 4. The summed E-state index contributed by atoms with van der Waals surface area (Å²) in [5, 5.41) is 6.95. The lowest BCUT2D eigenvalue weighted by atomic mass is 9.97. The molecule has 2 fully saturated rings. The van der Waals surface area contributed by atoms with Gasteiger partial charge in [0.1, 0.15) is 5.76 Å². The number of amides is 2. The molecule has 0 radical (unpaired) electrons. The summed E-state index contributed by atoms with van der Waals surface area (Å²) in [6, 6.07) is 7.30. The van der Waals surface area contributed by atoms with E-state index in [4.69, 9.17) is 4.52 Å². The van der Waals surface area contributed by atoms with Crippen molar-refractivity contribution < 1.29 is 14.1 Å². The zero-order valence-corrected chi connectivity index (χ0v) is 16.2. The number of piperidine rings is 1. The van der Waals surface area contributed by atoms with E-state index >= 15 is 0 Å². The van der Waals surface area contributed by atoms with Crippen LogP contribution in [0, 0.1) is 0 Å².